The molecule has 0 aromatic heterocycles. The normalized spacial score (nSPS) is 10.7. The summed E-state index contributed by atoms with van der Waals surface area (Å²) in [7, 11) is 0. The van der Waals surface area contributed by atoms with E-state index in [0.717, 1.165) is 29.9 Å². The summed E-state index contributed by atoms with van der Waals surface area (Å²) < 4.78 is 0. The van der Waals surface area contributed by atoms with Gasteiger partial charge in [-0.05, 0) is 35.9 Å². The predicted octanol–water partition coefficient (Wildman–Crippen LogP) is 3.45. The van der Waals surface area contributed by atoms with Crippen molar-refractivity contribution in [3.63, 3.8) is 0 Å². The number of hydrogen-bond donors (Lipinski definition) is 2. The fraction of sp³-hybridized carbons (Fsp3) is 0.167. The molecule has 21 heavy (non-hydrogen) atoms. The number of amides is 1. The van der Waals surface area contributed by atoms with Gasteiger partial charge >= 0.3 is 0 Å². The Kier molecular flexibility index (Phi) is 5.73. The largest absolute Gasteiger partial charge is 0.323 e. The van der Waals surface area contributed by atoms with E-state index in [0.29, 0.717) is 0 Å². The van der Waals surface area contributed by atoms with Crippen molar-refractivity contribution in [1.29, 1.82) is 0 Å². The van der Waals surface area contributed by atoms with Crippen molar-refractivity contribution in [3.05, 3.63) is 71.8 Å². The van der Waals surface area contributed by atoms with Gasteiger partial charge in [-0.3, -0.25) is 4.79 Å². The number of rotatable bonds is 6. The summed E-state index contributed by atoms with van der Waals surface area (Å²) in [4.78, 5) is 11.9. The smallest absolute Gasteiger partial charge is 0.248 e. The van der Waals surface area contributed by atoms with Crippen LogP contribution in [0.4, 0.5) is 5.69 Å². The fourth-order valence-corrected chi connectivity index (χ4v) is 1.95. The van der Waals surface area contributed by atoms with E-state index in [-0.39, 0.29) is 5.91 Å². The maximum Gasteiger partial charge on any atom is 0.248 e. The fourth-order valence-electron chi connectivity index (χ4n) is 1.95. The molecule has 2 aromatic carbocycles. The first kappa shape index (κ1) is 15.0. The van der Waals surface area contributed by atoms with Crippen LogP contribution in [-0.4, -0.2) is 12.5 Å². The Bertz CT molecular complexity index is 606. The summed E-state index contributed by atoms with van der Waals surface area (Å²) >= 11 is 0. The summed E-state index contributed by atoms with van der Waals surface area (Å²) in [5.74, 6) is -0.126. The lowest BCUT2D eigenvalue weighted by atomic mass is 10.2. The van der Waals surface area contributed by atoms with Crippen LogP contribution in [0.2, 0.25) is 0 Å². The topological polar surface area (TPSA) is 41.1 Å². The Morgan fingerprint density at radius 1 is 1.10 bits per heavy atom. The highest BCUT2D eigenvalue weighted by molar-refractivity contribution is 6.01. The van der Waals surface area contributed by atoms with Gasteiger partial charge in [0.1, 0.15) is 0 Å². The molecule has 0 heterocycles. The van der Waals surface area contributed by atoms with E-state index in [9.17, 15) is 4.79 Å². The lowest BCUT2D eigenvalue weighted by Crippen LogP contribution is -2.12. The number of carbonyl (C=O) groups excluding carboxylic acids is 1. The molecule has 0 radical (unpaired) electrons. The second kappa shape index (κ2) is 8.02. The van der Waals surface area contributed by atoms with Gasteiger partial charge in [0.15, 0.2) is 0 Å². The van der Waals surface area contributed by atoms with Crippen molar-refractivity contribution in [2.45, 2.75) is 13.5 Å². The molecule has 0 bridgehead atoms. The average Bonchev–Trinajstić information content (AvgIpc) is 2.52. The predicted molar refractivity (Wildman–Crippen MR) is 87.9 cm³/mol. The standard InChI is InChI=1S/C18H20N2O/c1-2-19-14-16-9-6-10-17(13-16)20-18(21)12-11-15-7-4-3-5-8-15/h3-13,19H,2,14H2,1H3,(H,20,21)/b12-11+. The highest BCUT2D eigenvalue weighted by atomic mass is 16.1. The Morgan fingerprint density at radius 3 is 2.67 bits per heavy atom. The molecule has 0 aliphatic carbocycles. The zero-order valence-corrected chi connectivity index (χ0v) is 12.2. The third-order valence-corrected chi connectivity index (χ3v) is 3.00. The van der Waals surface area contributed by atoms with Crippen LogP contribution in [-0.2, 0) is 11.3 Å². The molecule has 0 spiro atoms. The van der Waals surface area contributed by atoms with Gasteiger partial charge in [0.2, 0.25) is 5.91 Å². The van der Waals surface area contributed by atoms with Crippen LogP contribution < -0.4 is 10.6 Å². The van der Waals surface area contributed by atoms with Gasteiger partial charge in [-0.15, -0.1) is 0 Å². The molecule has 2 N–H and O–H groups in total. The molecule has 0 aliphatic heterocycles. The third-order valence-electron chi connectivity index (χ3n) is 3.00. The Hall–Kier alpha value is -2.39. The minimum atomic E-state index is -0.126. The van der Waals surface area contributed by atoms with Gasteiger partial charge in [0.25, 0.3) is 0 Å². The van der Waals surface area contributed by atoms with Gasteiger partial charge in [0.05, 0.1) is 0 Å². The molecule has 3 nitrogen and oxygen atoms in total. The number of anilines is 1. The van der Waals surface area contributed by atoms with Crippen molar-refractivity contribution < 1.29 is 4.79 Å². The van der Waals surface area contributed by atoms with Gasteiger partial charge in [0, 0.05) is 18.3 Å². The molecule has 2 aromatic rings. The molecule has 2 rings (SSSR count). The molecule has 108 valence electrons. The van der Waals surface area contributed by atoms with Crippen LogP contribution in [0.5, 0.6) is 0 Å². The van der Waals surface area contributed by atoms with Crippen molar-refractivity contribution in [3.8, 4) is 0 Å². The molecule has 1 amide bonds. The zero-order valence-electron chi connectivity index (χ0n) is 12.2. The molecule has 0 saturated carbocycles. The van der Waals surface area contributed by atoms with E-state index >= 15 is 0 Å². The summed E-state index contributed by atoms with van der Waals surface area (Å²) in [5.41, 5.74) is 2.98. The monoisotopic (exact) mass is 280 g/mol. The lowest BCUT2D eigenvalue weighted by molar-refractivity contribution is -0.111. The summed E-state index contributed by atoms with van der Waals surface area (Å²) in [6, 6.07) is 17.6. The minimum Gasteiger partial charge on any atom is -0.323 e. The lowest BCUT2D eigenvalue weighted by Gasteiger charge is -2.06. The average molecular weight is 280 g/mol. The maximum atomic E-state index is 11.9. The molecular formula is C18H20N2O. The van der Waals surface area contributed by atoms with Gasteiger partial charge in [-0.25, -0.2) is 0 Å². The zero-order chi connectivity index (χ0) is 14.9. The van der Waals surface area contributed by atoms with Crippen LogP contribution in [0.1, 0.15) is 18.1 Å². The molecule has 0 saturated heterocycles. The summed E-state index contributed by atoms with van der Waals surface area (Å²) in [5, 5.41) is 6.14. The Morgan fingerprint density at radius 2 is 1.90 bits per heavy atom. The van der Waals surface area contributed by atoms with Crippen molar-refractivity contribution in [2.75, 3.05) is 11.9 Å². The van der Waals surface area contributed by atoms with Gasteiger partial charge in [-0.1, -0.05) is 49.4 Å². The van der Waals surface area contributed by atoms with Crippen molar-refractivity contribution in [2.24, 2.45) is 0 Å². The van der Waals surface area contributed by atoms with E-state index in [4.69, 9.17) is 0 Å². The Labute approximate surface area is 125 Å². The Balaban J connectivity index is 1.95. The van der Waals surface area contributed by atoms with E-state index in [1.165, 1.54) is 0 Å². The summed E-state index contributed by atoms with van der Waals surface area (Å²) in [6.45, 7) is 3.80. The molecular weight excluding hydrogens is 260 g/mol. The molecule has 0 fully saturated rings. The minimum absolute atomic E-state index is 0.126. The first-order chi connectivity index (χ1) is 10.3. The second-order valence-electron chi connectivity index (χ2n) is 4.71. The number of hydrogen-bond acceptors (Lipinski definition) is 2. The highest BCUT2D eigenvalue weighted by Crippen LogP contribution is 2.11. The number of nitrogens with one attached hydrogen (secondary N) is 2. The third kappa shape index (κ3) is 5.24. The number of benzene rings is 2. The van der Waals surface area contributed by atoms with Crippen LogP contribution >= 0.6 is 0 Å². The number of carbonyl (C=O) groups is 1. The quantitative estimate of drug-likeness (QED) is 0.796. The van der Waals surface area contributed by atoms with E-state index in [2.05, 4.69) is 17.6 Å². The van der Waals surface area contributed by atoms with Crippen LogP contribution in [0.25, 0.3) is 6.08 Å². The molecule has 3 heteroatoms. The first-order valence-corrected chi connectivity index (χ1v) is 7.11. The van der Waals surface area contributed by atoms with Gasteiger partial charge in [-0.2, -0.15) is 0 Å². The molecule has 0 unspecified atom stereocenters. The van der Waals surface area contributed by atoms with Crippen molar-refractivity contribution >= 4 is 17.7 Å². The van der Waals surface area contributed by atoms with Crippen LogP contribution in [0.3, 0.4) is 0 Å². The first-order valence-electron chi connectivity index (χ1n) is 7.11. The van der Waals surface area contributed by atoms with Crippen LogP contribution in [0.15, 0.2) is 60.7 Å². The van der Waals surface area contributed by atoms with E-state index < -0.39 is 0 Å². The van der Waals surface area contributed by atoms with Crippen LogP contribution in [0, 0.1) is 0 Å². The highest BCUT2D eigenvalue weighted by Gasteiger charge is 1.99. The SMILES string of the molecule is CCNCc1cccc(NC(=O)/C=C/c2ccccc2)c1. The van der Waals surface area contributed by atoms with E-state index in [1.807, 2.05) is 54.6 Å². The van der Waals surface area contributed by atoms with Gasteiger partial charge < -0.3 is 10.6 Å². The van der Waals surface area contributed by atoms with E-state index in [1.54, 1.807) is 12.2 Å². The maximum absolute atomic E-state index is 11.9. The molecule has 0 aliphatic rings. The molecule has 0 atom stereocenters. The summed E-state index contributed by atoms with van der Waals surface area (Å²) in [6.07, 6.45) is 3.35. The second-order valence-corrected chi connectivity index (χ2v) is 4.71. The van der Waals surface area contributed by atoms with Crippen molar-refractivity contribution in [1.82, 2.24) is 5.32 Å².